The second-order valence-corrected chi connectivity index (χ2v) is 6.96. The number of benzene rings is 3. The van der Waals surface area contributed by atoms with Gasteiger partial charge in [-0.25, -0.2) is 4.79 Å². The highest BCUT2D eigenvalue weighted by molar-refractivity contribution is 5.91. The van der Waals surface area contributed by atoms with Crippen LogP contribution in [0.1, 0.15) is 27.4 Å². The monoisotopic (exact) mass is 428 g/mol. The van der Waals surface area contributed by atoms with Crippen LogP contribution in [0.3, 0.4) is 0 Å². The molecule has 0 radical (unpaired) electrons. The average Bonchev–Trinajstić information content (AvgIpc) is 2.83. The summed E-state index contributed by atoms with van der Waals surface area (Å²) >= 11 is 0. The molecule has 0 bridgehead atoms. The van der Waals surface area contributed by atoms with Crippen LogP contribution in [0.25, 0.3) is 0 Å². The van der Waals surface area contributed by atoms with E-state index < -0.39 is 11.9 Å². The summed E-state index contributed by atoms with van der Waals surface area (Å²) in [6, 6.07) is 21.2. The number of fused-ring (bicyclic) bond motifs is 1. The van der Waals surface area contributed by atoms with E-state index in [1.165, 1.54) is 7.11 Å². The van der Waals surface area contributed by atoms with E-state index in [0.29, 0.717) is 39.7 Å². The lowest BCUT2D eigenvalue weighted by Crippen LogP contribution is -2.21. The highest BCUT2D eigenvalue weighted by Crippen LogP contribution is 2.47. The van der Waals surface area contributed by atoms with Gasteiger partial charge in [-0.05, 0) is 24.3 Å². The molecule has 1 heterocycles. The fourth-order valence-corrected chi connectivity index (χ4v) is 3.70. The van der Waals surface area contributed by atoms with E-state index >= 15 is 0 Å². The number of allylic oxidation sites excluding steroid dienone is 1. The van der Waals surface area contributed by atoms with Crippen molar-refractivity contribution in [2.45, 2.75) is 5.92 Å². The van der Waals surface area contributed by atoms with Crippen molar-refractivity contribution < 1.29 is 23.7 Å². The SMILES string of the molecule is COc1cccc(C2C(C#N)=C(N)Oc3cc(OC(=O)c4ccccc4)ccc32)c1OC. The van der Waals surface area contributed by atoms with Crippen molar-refractivity contribution in [2.75, 3.05) is 14.2 Å². The molecule has 32 heavy (non-hydrogen) atoms. The molecule has 7 nitrogen and oxygen atoms in total. The standard InChI is InChI=1S/C25H20N2O5/c1-29-20-10-6-9-18(23(20)30-2)22-17-12-11-16(13-21(17)32-24(27)19(22)14-26)31-25(28)15-7-4-3-5-8-15/h3-13,22H,27H2,1-2H3. The van der Waals surface area contributed by atoms with Gasteiger partial charge in [0.15, 0.2) is 11.5 Å². The molecule has 0 fully saturated rings. The lowest BCUT2D eigenvalue weighted by molar-refractivity contribution is 0.0734. The number of carbonyl (C=O) groups excluding carboxylic acids is 1. The van der Waals surface area contributed by atoms with Gasteiger partial charge in [-0.1, -0.05) is 36.4 Å². The minimum atomic E-state index is -0.548. The Morgan fingerprint density at radius 2 is 1.78 bits per heavy atom. The first-order chi connectivity index (χ1) is 15.6. The predicted octanol–water partition coefficient (Wildman–Crippen LogP) is 4.14. The Kier molecular flexibility index (Phi) is 5.69. The quantitative estimate of drug-likeness (QED) is 0.481. The van der Waals surface area contributed by atoms with Crippen LogP contribution in [0.15, 0.2) is 78.2 Å². The number of para-hydroxylation sites is 1. The zero-order chi connectivity index (χ0) is 22.7. The highest BCUT2D eigenvalue weighted by Gasteiger charge is 2.33. The normalized spacial score (nSPS) is 14.6. The first kappa shape index (κ1) is 20.8. The van der Waals surface area contributed by atoms with Gasteiger partial charge < -0.3 is 24.7 Å². The second-order valence-electron chi connectivity index (χ2n) is 6.96. The van der Waals surface area contributed by atoms with Crippen LogP contribution < -0.4 is 24.7 Å². The third-order valence-electron chi connectivity index (χ3n) is 5.15. The zero-order valence-electron chi connectivity index (χ0n) is 17.5. The minimum Gasteiger partial charge on any atom is -0.493 e. The van der Waals surface area contributed by atoms with E-state index in [2.05, 4.69) is 6.07 Å². The number of methoxy groups -OCH3 is 2. The summed E-state index contributed by atoms with van der Waals surface area (Å²) < 4.78 is 22.2. The van der Waals surface area contributed by atoms with Crippen LogP contribution in [-0.2, 0) is 0 Å². The first-order valence-electron chi connectivity index (χ1n) is 9.77. The van der Waals surface area contributed by atoms with Crippen LogP contribution in [0.5, 0.6) is 23.0 Å². The third-order valence-corrected chi connectivity index (χ3v) is 5.15. The van der Waals surface area contributed by atoms with Crippen LogP contribution in [0, 0.1) is 11.3 Å². The van der Waals surface area contributed by atoms with Gasteiger partial charge in [0.25, 0.3) is 0 Å². The number of carbonyl (C=O) groups is 1. The van der Waals surface area contributed by atoms with E-state index in [4.69, 9.17) is 24.7 Å². The summed E-state index contributed by atoms with van der Waals surface area (Å²) in [6.07, 6.45) is 0. The molecule has 1 aliphatic heterocycles. The number of ether oxygens (including phenoxy) is 4. The molecule has 1 unspecified atom stereocenters. The predicted molar refractivity (Wildman–Crippen MR) is 117 cm³/mol. The molecule has 0 aromatic heterocycles. The van der Waals surface area contributed by atoms with Gasteiger partial charge in [-0.3, -0.25) is 0 Å². The second kappa shape index (κ2) is 8.74. The van der Waals surface area contributed by atoms with Gasteiger partial charge in [0.05, 0.1) is 25.7 Å². The molecule has 1 aliphatic rings. The Balaban J connectivity index is 1.77. The van der Waals surface area contributed by atoms with Crippen molar-refractivity contribution >= 4 is 5.97 Å². The van der Waals surface area contributed by atoms with Gasteiger partial charge in [-0.15, -0.1) is 0 Å². The maximum atomic E-state index is 12.4. The molecule has 1 atom stereocenters. The first-order valence-corrected chi connectivity index (χ1v) is 9.77. The Morgan fingerprint density at radius 3 is 2.47 bits per heavy atom. The molecule has 3 aromatic carbocycles. The van der Waals surface area contributed by atoms with Gasteiger partial charge in [0.1, 0.15) is 23.1 Å². The van der Waals surface area contributed by atoms with Crippen molar-refractivity contribution in [1.82, 2.24) is 0 Å². The molecule has 160 valence electrons. The van der Waals surface area contributed by atoms with Crippen LogP contribution in [-0.4, -0.2) is 20.2 Å². The van der Waals surface area contributed by atoms with E-state index in [1.807, 2.05) is 18.2 Å². The van der Waals surface area contributed by atoms with Crippen LogP contribution in [0.4, 0.5) is 0 Å². The number of rotatable bonds is 5. The summed E-state index contributed by atoms with van der Waals surface area (Å²) in [5.74, 6) is 0.634. The van der Waals surface area contributed by atoms with Crippen molar-refractivity contribution in [1.29, 1.82) is 5.26 Å². The van der Waals surface area contributed by atoms with Gasteiger partial charge in [0.2, 0.25) is 5.88 Å². The summed E-state index contributed by atoms with van der Waals surface area (Å²) in [6.45, 7) is 0. The van der Waals surface area contributed by atoms with Gasteiger partial charge in [0, 0.05) is 17.2 Å². The van der Waals surface area contributed by atoms with Gasteiger partial charge in [-0.2, -0.15) is 5.26 Å². The largest absolute Gasteiger partial charge is 0.493 e. The van der Waals surface area contributed by atoms with E-state index in [0.717, 1.165) is 0 Å². The van der Waals surface area contributed by atoms with E-state index in [-0.39, 0.29) is 11.5 Å². The fourth-order valence-electron chi connectivity index (χ4n) is 3.70. The summed E-state index contributed by atoms with van der Waals surface area (Å²) in [5, 5.41) is 9.80. The molecule has 3 aromatic rings. The maximum absolute atomic E-state index is 12.4. The molecule has 0 aliphatic carbocycles. The maximum Gasteiger partial charge on any atom is 0.343 e. The lowest BCUT2D eigenvalue weighted by atomic mass is 9.83. The molecule has 0 saturated carbocycles. The smallest absolute Gasteiger partial charge is 0.343 e. The third kappa shape index (κ3) is 3.70. The van der Waals surface area contributed by atoms with Gasteiger partial charge >= 0.3 is 5.97 Å². The van der Waals surface area contributed by atoms with Crippen molar-refractivity contribution in [3.8, 4) is 29.1 Å². The van der Waals surface area contributed by atoms with E-state index in [9.17, 15) is 10.1 Å². The molecule has 2 N–H and O–H groups in total. The van der Waals surface area contributed by atoms with Crippen LogP contribution in [0.2, 0.25) is 0 Å². The number of nitrogens with zero attached hydrogens (tertiary/aromatic N) is 1. The molecular weight excluding hydrogens is 408 g/mol. The summed E-state index contributed by atoms with van der Waals surface area (Å²) in [4.78, 5) is 12.4. The number of nitriles is 1. The summed E-state index contributed by atoms with van der Waals surface area (Å²) in [5.41, 5.74) is 8.15. The number of esters is 1. The van der Waals surface area contributed by atoms with Crippen molar-refractivity contribution in [3.05, 3.63) is 94.9 Å². The topological polar surface area (TPSA) is 104 Å². The Labute approximate surface area is 185 Å². The van der Waals surface area contributed by atoms with Crippen molar-refractivity contribution in [3.63, 3.8) is 0 Å². The minimum absolute atomic E-state index is 0.0265. The average molecular weight is 428 g/mol. The Morgan fingerprint density at radius 1 is 1.00 bits per heavy atom. The molecule has 0 saturated heterocycles. The number of hydrogen-bond donors (Lipinski definition) is 1. The summed E-state index contributed by atoms with van der Waals surface area (Å²) in [7, 11) is 3.08. The molecular formula is C25H20N2O5. The fraction of sp³-hybridized carbons (Fsp3) is 0.120. The molecule has 0 spiro atoms. The zero-order valence-corrected chi connectivity index (χ0v) is 17.5. The Bertz CT molecular complexity index is 1240. The van der Waals surface area contributed by atoms with E-state index in [1.54, 1.807) is 55.6 Å². The molecule has 4 rings (SSSR count). The number of nitrogens with two attached hydrogens (primary N) is 1. The highest BCUT2D eigenvalue weighted by atomic mass is 16.5. The molecule has 7 heteroatoms. The lowest BCUT2D eigenvalue weighted by Gasteiger charge is -2.28. The molecule has 0 amide bonds. The number of hydrogen-bond acceptors (Lipinski definition) is 7. The Hall–Kier alpha value is -4.44. The van der Waals surface area contributed by atoms with Crippen molar-refractivity contribution in [2.24, 2.45) is 5.73 Å². The van der Waals surface area contributed by atoms with Crippen LogP contribution >= 0.6 is 0 Å².